The average molecular weight is 588 g/mol. The zero-order valence-electron chi connectivity index (χ0n) is 22.8. The van der Waals surface area contributed by atoms with Crippen molar-refractivity contribution in [3.05, 3.63) is 119 Å². The Hall–Kier alpha value is -5.23. The van der Waals surface area contributed by atoms with Gasteiger partial charge in [-0.25, -0.2) is 9.79 Å². The summed E-state index contributed by atoms with van der Waals surface area (Å²) >= 11 is 1.03. The number of aromatic hydroxyl groups is 1. The molecule has 214 valence electrons. The first-order chi connectivity index (χ1) is 20.3. The van der Waals surface area contributed by atoms with Crippen LogP contribution in [-0.4, -0.2) is 41.4 Å². The van der Waals surface area contributed by atoms with Crippen molar-refractivity contribution in [2.24, 2.45) is 4.99 Å². The third-order valence-corrected chi connectivity index (χ3v) is 7.61. The van der Waals surface area contributed by atoms with Gasteiger partial charge in [-0.05, 0) is 30.7 Å². The summed E-state index contributed by atoms with van der Waals surface area (Å²) < 4.78 is 17.9. The number of esters is 1. The fourth-order valence-corrected chi connectivity index (χ4v) is 5.72. The van der Waals surface area contributed by atoms with Crippen molar-refractivity contribution in [1.82, 2.24) is 4.57 Å². The van der Waals surface area contributed by atoms with E-state index < -0.39 is 33.9 Å². The van der Waals surface area contributed by atoms with Crippen LogP contribution in [0.4, 0.5) is 5.69 Å². The molecule has 1 aromatic heterocycles. The highest BCUT2D eigenvalue weighted by Crippen LogP contribution is 2.38. The molecule has 1 N–H and O–H groups in total. The lowest BCUT2D eigenvalue weighted by Crippen LogP contribution is -2.40. The Balaban J connectivity index is 1.85. The molecule has 3 aromatic carbocycles. The molecule has 0 amide bonds. The van der Waals surface area contributed by atoms with Gasteiger partial charge < -0.3 is 19.3 Å². The number of ether oxygens (including phenoxy) is 3. The second kappa shape index (κ2) is 11.7. The third-order valence-electron chi connectivity index (χ3n) is 6.63. The molecule has 0 saturated heterocycles. The second-order valence-corrected chi connectivity index (χ2v) is 10.0. The number of carbonyl (C=O) groups is 1. The lowest BCUT2D eigenvalue weighted by molar-refractivity contribution is -0.385. The minimum Gasteiger partial charge on any atom is -0.502 e. The Morgan fingerprint density at radius 2 is 1.83 bits per heavy atom. The quantitative estimate of drug-likeness (QED) is 0.187. The number of carbonyl (C=O) groups excluding carboxylic acids is 1. The van der Waals surface area contributed by atoms with Gasteiger partial charge in [0.25, 0.3) is 5.56 Å². The van der Waals surface area contributed by atoms with Gasteiger partial charge in [-0.1, -0.05) is 59.9 Å². The Morgan fingerprint density at radius 1 is 1.10 bits per heavy atom. The highest BCUT2D eigenvalue weighted by molar-refractivity contribution is 7.07. The van der Waals surface area contributed by atoms with E-state index in [1.165, 1.54) is 43.1 Å². The van der Waals surface area contributed by atoms with Gasteiger partial charge in [-0.15, -0.1) is 0 Å². The Morgan fingerprint density at radius 3 is 2.50 bits per heavy atom. The fraction of sp³-hybridized carbons (Fsp3) is 0.167. The van der Waals surface area contributed by atoms with Gasteiger partial charge in [0.05, 0.1) is 47.6 Å². The van der Waals surface area contributed by atoms with E-state index >= 15 is 0 Å². The normalized spacial score (nSPS) is 14.6. The molecule has 11 nitrogen and oxygen atoms in total. The van der Waals surface area contributed by atoms with E-state index in [2.05, 4.69) is 0 Å². The van der Waals surface area contributed by atoms with E-state index in [0.717, 1.165) is 11.3 Å². The molecular formula is C30H25N3O8S. The van der Waals surface area contributed by atoms with Crippen LogP contribution in [0.1, 0.15) is 29.7 Å². The van der Waals surface area contributed by atoms with Crippen molar-refractivity contribution in [3.8, 4) is 17.2 Å². The van der Waals surface area contributed by atoms with E-state index in [1.54, 1.807) is 37.3 Å². The number of methoxy groups -OCH3 is 2. The van der Waals surface area contributed by atoms with Gasteiger partial charge in [-0.2, -0.15) is 0 Å². The molecule has 0 bridgehead atoms. The van der Waals surface area contributed by atoms with Crippen LogP contribution >= 0.6 is 11.3 Å². The Labute approximate surface area is 243 Å². The molecule has 42 heavy (non-hydrogen) atoms. The van der Waals surface area contributed by atoms with E-state index in [4.69, 9.17) is 19.2 Å². The van der Waals surface area contributed by atoms with E-state index in [0.29, 0.717) is 28.3 Å². The molecule has 0 unspecified atom stereocenters. The van der Waals surface area contributed by atoms with Crippen molar-refractivity contribution < 1.29 is 29.0 Å². The number of nitrogens with zero attached hydrogens (tertiary/aromatic N) is 3. The summed E-state index contributed by atoms with van der Waals surface area (Å²) in [6.45, 7) is 1.78. The second-order valence-electron chi connectivity index (χ2n) is 9.02. The van der Waals surface area contributed by atoms with Gasteiger partial charge in [0.1, 0.15) is 0 Å². The van der Waals surface area contributed by atoms with Gasteiger partial charge >= 0.3 is 11.7 Å². The molecule has 1 aliphatic rings. The van der Waals surface area contributed by atoms with E-state index in [9.17, 15) is 24.8 Å². The summed E-state index contributed by atoms with van der Waals surface area (Å²) in [5.74, 6) is -0.368. The fourth-order valence-electron chi connectivity index (χ4n) is 4.73. The number of aromatic nitrogens is 1. The number of hydrogen-bond acceptors (Lipinski definition) is 10. The highest BCUT2D eigenvalue weighted by atomic mass is 32.1. The van der Waals surface area contributed by atoms with Gasteiger partial charge in [0, 0.05) is 17.2 Å². The van der Waals surface area contributed by atoms with Crippen LogP contribution in [0.25, 0.3) is 11.8 Å². The first kappa shape index (κ1) is 28.3. The first-order valence-electron chi connectivity index (χ1n) is 12.8. The topological polar surface area (TPSA) is 142 Å². The number of phenolic OH excluding ortho intramolecular Hbond substituents is 1. The summed E-state index contributed by atoms with van der Waals surface area (Å²) in [7, 11) is 2.98. The number of hydrogen-bond donors (Lipinski definition) is 1. The molecule has 1 atom stereocenters. The first-order valence-corrected chi connectivity index (χ1v) is 13.6. The summed E-state index contributed by atoms with van der Waals surface area (Å²) in [6, 6.07) is 17.2. The zero-order chi connectivity index (χ0) is 30.0. The van der Waals surface area contributed by atoms with Crippen LogP contribution in [0.3, 0.4) is 0 Å². The highest BCUT2D eigenvalue weighted by Gasteiger charge is 2.35. The summed E-state index contributed by atoms with van der Waals surface area (Å²) in [5.41, 5.74) is 0.733. The van der Waals surface area contributed by atoms with Crippen molar-refractivity contribution in [1.29, 1.82) is 0 Å². The molecule has 0 aliphatic carbocycles. The molecule has 5 rings (SSSR count). The van der Waals surface area contributed by atoms with Crippen LogP contribution in [0.2, 0.25) is 0 Å². The van der Waals surface area contributed by atoms with Gasteiger partial charge in [0.2, 0.25) is 5.75 Å². The molecule has 0 saturated carbocycles. The monoisotopic (exact) mass is 587 g/mol. The van der Waals surface area contributed by atoms with Gasteiger partial charge in [0.15, 0.2) is 16.3 Å². The van der Waals surface area contributed by atoms with Crippen LogP contribution in [0.5, 0.6) is 17.2 Å². The SMILES string of the molecule is CCOC(=O)C1=C(c2ccccc2)N=c2s/c(=C/c3cccc([N+](=O)[O-])c3O)c(=O)n2[C@@H]1c1ccc(OC)c(OC)c1. The zero-order valence-corrected chi connectivity index (χ0v) is 23.6. The number of benzene rings is 3. The van der Waals surface area contributed by atoms with Crippen LogP contribution in [0.15, 0.2) is 82.1 Å². The van der Waals surface area contributed by atoms with Crippen LogP contribution < -0.4 is 24.4 Å². The standard InChI is InChI=1S/C30H25N3O8S/c1-4-41-29(36)24-25(17-9-6-5-7-10-17)31-30-32(26(24)18-13-14-21(39-2)22(15-18)40-3)28(35)23(42-30)16-19-11-8-12-20(27(19)34)33(37)38/h5-16,26,34H,4H2,1-3H3/b23-16+/t26-/m1/s1. The predicted octanol–water partition coefficient (Wildman–Crippen LogP) is 3.57. The predicted molar refractivity (Wildman–Crippen MR) is 155 cm³/mol. The summed E-state index contributed by atoms with van der Waals surface area (Å²) in [5, 5.41) is 21.9. The maximum atomic E-state index is 14.0. The smallest absolute Gasteiger partial charge is 0.338 e. The number of nitro groups is 1. The van der Waals surface area contributed by atoms with Crippen molar-refractivity contribution in [3.63, 3.8) is 0 Å². The number of phenols is 1. The van der Waals surface area contributed by atoms with Crippen molar-refractivity contribution >= 4 is 34.8 Å². The summed E-state index contributed by atoms with van der Waals surface area (Å²) in [6.07, 6.45) is 1.37. The molecule has 4 aromatic rings. The van der Waals surface area contributed by atoms with E-state index in [1.807, 2.05) is 18.2 Å². The molecule has 0 spiro atoms. The molecular weight excluding hydrogens is 562 g/mol. The molecule has 0 fully saturated rings. The maximum absolute atomic E-state index is 14.0. The van der Waals surface area contributed by atoms with Crippen LogP contribution in [-0.2, 0) is 9.53 Å². The molecule has 0 radical (unpaired) electrons. The number of thiazole rings is 1. The number of rotatable bonds is 8. The van der Waals surface area contributed by atoms with E-state index in [-0.39, 0.29) is 27.1 Å². The molecule has 12 heteroatoms. The molecule has 1 aliphatic heterocycles. The Bertz CT molecular complexity index is 1910. The Kier molecular flexibility index (Phi) is 7.89. The lowest BCUT2D eigenvalue weighted by atomic mass is 9.93. The number of nitro benzene ring substituents is 1. The average Bonchev–Trinajstić information content (AvgIpc) is 3.31. The maximum Gasteiger partial charge on any atom is 0.338 e. The van der Waals surface area contributed by atoms with Crippen molar-refractivity contribution in [2.45, 2.75) is 13.0 Å². The van der Waals surface area contributed by atoms with Crippen molar-refractivity contribution in [2.75, 3.05) is 20.8 Å². The largest absolute Gasteiger partial charge is 0.502 e. The minimum atomic E-state index is -0.976. The van der Waals surface area contributed by atoms with Crippen LogP contribution in [0, 0.1) is 10.1 Å². The van der Waals surface area contributed by atoms with Gasteiger partial charge in [-0.3, -0.25) is 19.5 Å². The number of para-hydroxylation sites is 1. The lowest BCUT2D eigenvalue weighted by Gasteiger charge is -2.26. The minimum absolute atomic E-state index is 0.0880. The third kappa shape index (κ3) is 5.03. The molecule has 2 heterocycles. The summed E-state index contributed by atoms with van der Waals surface area (Å²) in [4.78, 5) is 43.3. The number of fused-ring (bicyclic) bond motifs is 1.